The quantitative estimate of drug-likeness (QED) is 0.896. The van der Waals surface area contributed by atoms with Crippen molar-refractivity contribution in [3.63, 3.8) is 0 Å². The number of rotatable bonds is 4. The Morgan fingerprint density at radius 1 is 1.36 bits per heavy atom. The second-order valence-corrected chi connectivity index (χ2v) is 7.91. The van der Waals surface area contributed by atoms with E-state index in [1.165, 1.54) is 16.7 Å². The Balaban J connectivity index is 1.58. The smallest absolute Gasteiger partial charge is 0.281 e. The van der Waals surface area contributed by atoms with Crippen LogP contribution >= 0.6 is 35.1 Å². The highest BCUT2D eigenvalue weighted by atomic mass is 35.5. The Morgan fingerprint density at radius 2 is 2.23 bits per heavy atom. The molecule has 1 aromatic rings. The van der Waals surface area contributed by atoms with Crippen LogP contribution in [-0.2, 0) is 4.79 Å². The molecule has 1 atom stereocenters. The van der Waals surface area contributed by atoms with Crippen LogP contribution in [0.3, 0.4) is 0 Å². The molecule has 0 aromatic heterocycles. The zero-order chi connectivity index (χ0) is 15.5. The highest BCUT2D eigenvalue weighted by Crippen LogP contribution is 2.37. The van der Waals surface area contributed by atoms with Crippen molar-refractivity contribution in [2.45, 2.75) is 23.8 Å². The van der Waals surface area contributed by atoms with Gasteiger partial charge >= 0.3 is 0 Å². The summed E-state index contributed by atoms with van der Waals surface area (Å²) in [6.45, 7) is 1.25. The predicted molar refractivity (Wildman–Crippen MR) is 91.7 cm³/mol. The maximum absolute atomic E-state index is 12.2. The maximum atomic E-state index is 12.2. The number of thioether (sulfide) groups is 2. The summed E-state index contributed by atoms with van der Waals surface area (Å²) >= 11 is 9.19. The van der Waals surface area contributed by atoms with E-state index < -0.39 is 0 Å². The molecule has 7 heteroatoms. The third-order valence-corrected chi connectivity index (χ3v) is 6.05. The first-order chi connectivity index (χ1) is 10.6. The van der Waals surface area contributed by atoms with E-state index in [0.29, 0.717) is 18.0 Å². The van der Waals surface area contributed by atoms with Crippen molar-refractivity contribution >= 4 is 46.3 Å². The zero-order valence-corrected chi connectivity index (χ0v) is 14.4. The Kier molecular flexibility index (Phi) is 5.21. The molecule has 0 saturated carbocycles. The number of carbonyl (C=O) groups excluding carboxylic acids is 2. The number of fused-ring (bicyclic) bond motifs is 1. The van der Waals surface area contributed by atoms with Crippen LogP contribution in [0.25, 0.3) is 0 Å². The van der Waals surface area contributed by atoms with Crippen molar-refractivity contribution in [1.82, 2.24) is 10.2 Å². The Morgan fingerprint density at radius 3 is 3.00 bits per heavy atom. The Labute approximate surface area is 143 Å². The van der Waals surface area contributed by atoms with Crippen molar-refractivity contribution < 1.29 is 9.59 Å². The monoisotopic (exact) mass is 356 g/mol. The van der Waals surface area contributed by atoms with Gasteiger partial charge in [-0.25, -0.2) is 0 Å². The van der Waals surface area contributed by atoms with Crippen LogP contribution in [0.15, 0.2) is 23.1 Å². The van der Waals surface area contributed by atoms with Crippen LogP contribution < -0.4 is 5.32 Å². The van der Waals surface area contributed by atoms with Crippen molar-refractivity contribution in [2.24, 2.45) is 0 Å². The van der Waals surface area contributed by atoms with Crippen LogP contribution in [0.4, 0.5) is 4.79 Å². The fourth-order valence-electron chi connectivity index (χ4n) is 2.65. The van der Waals surface area contributed by atoms with E-state index in [1.807, 2.05) is 18.2 Å². The highest BCUT2D eigenvalue weighted by molar-refractivity contribution is 8.13. The molecule has 118 valence electrons. The van der Waals surface area contributed by atoms with E-state index in [0.717, 1.165) is 30.0 Å². The summed E-state index contributed by atoms with van der Waals surface area (Å²) < 4.78 is 0. The van der Waals surface area contributed by atoms with Crippen LogP contribution in [0, 0.1) is 0 Å². The molecule has 0 radical (unpaired) electrons. The van der Waals surface area contributed by atoms with Crippen LogP contribution in [-0.4, -0.2) is 40.6 Å². The molecule has 1 N–H and O–H groups in total. The first-order valence-electron chi connectivity index (χ1n) is 7.27. The van der Waals surface area contributed by atoms with Crippen molar-refractivity contribution in [3.8, 4) is 0 Å². The van der Waals surface area contributed by atoms with E-state index in [2.05, 4.69) is 5.32 Å². The topological polar surface area (TPSA) is 49.4 Å². The SMILES string of the molecule is O=C(CCN1CCSC1=O)NC1CCSc2ccc(Cl)cc21. The summed E-state index contributed by atoms with van der Waals surface area (Å²) in [4.78, 5) is 26.6. The lowest BCUT2D eigenvalue weighted by Crippen LogP contribution is -2.34. The standard InChI is InChI=1S/C15H17ClN2O2S2/c16-10-1-2-13-11(9-10)12(4-7-21-13)17-14(19)3-5-18-6-8-22-15(18)20/h1-2,9,12H,3-8H2,(H,17,19). The molecule has 2 amide bonds. The zero-order valence-electron chi connectivity index (χ0n) is 12.0. The van der Waals surface area contributed by atoms with Gasteiger partial charge in [0.1, 0.15) is 0 Å². The number of benzene rings is 1. The molecule has 0 spiro atoms. The number of nitrogens with one attached hydrogen (secondary N) is 1. The van der Waals surface area contributed by atoms with E-state index >= 15 is 0 Å². The molecule has 22 heavy (non-hydrogen) atoms. The van der Waals surface area contributed by atoms with Crippen molar-refractivity contribution in [2.75, 3.05) is 24.6 Å². The minimum Gasteiger partial charge on any atom is -0.349 e. The minimum absolute atomic E-state index is 0.00692. The molecule has 2 aliphatic heterocycles. The lowest BCUT2D eigenvalue weighted by molar-refractivity contribution is -0.122. The van der Waals surface area contributed by atoms with Gasteiger partial charge in [-0.2, -0.15) is 0 Å². The largest absolute Gasteiger partial charge is 0.349 e. The second kappa shape index (κ2) is 7.15. The molecule has 1 aromatic carbocycles. The van der Waals surface area contributed by atoms with E-state index in [4.69, 9.17) is 11.6 Å². The molecule has 1 unspecified atom stereocenters. The predicted octanol–water partition coefficient (Wildman–Crippen LogP) is 3.55. The van der Waals surface area contributed by atoms with Gasteiger partial charge in [-0.05, 0) is 30.2 Å². The minimum atomic E-state index is -0.00692. The number of halogens is 1. The highest BCUT2D eigenvalue weighted by Gasteiger charge is 2.24. The van der Waals surface area contributed by atoms with Crippen LogP contribution in [0.1, 0.15) is 24.4 Å². The average molecular weight is 357 g/mol. The molecule has 3 rings (SSSR count). The number of nitrogens with zero attached hydrogens (tertiary/aromatic N) is 1. The van der Waals surface area contributed by atoms with Gasteiger partial charge in [-0.15, -0.1) is 11.8 Å². The van der Waals surface area contributed by atoms with Crippen LogP contribution in [0.2, 0.25) is 5.02 Å². The molecule has 0 aliphatic carbocycles. The lowest BCUT2D eigenvalue weighted by atomic mass is 10.0. The number of hydrogen-bond acceptors (Lipinski definition) is 4. The molecular weight excluding hydrogens is 340 g/mol. The first-order valence-corrected chi connectivity index (χ1v) is 9.62. The van der Waals surface area contributed by atoms with E-state index in [1.54, 1.807) is 16.7 Å². The van der Waals surface area contributed by atoms with Gasteiger partial charge < -0.3 is 10.2 Å². The second-order valence-electron chi connectivity index (χ2n) is 5.29. The molecule has 4 nitrogen and oxygen atoms in total. The van der Waals surface area contributed by atoms with Crippen molar-refractivity contribution in [1.29, 1.82) is 0 Å². The molecular formula is C15H17ClN2O2S2. The third kappa shape index (κ3) is 3.73. The average Bonchev–Trinajstić information content (AvgIpc) is 2.91. The number of hydrogen-bond donors (Lipinski definition) is 1. The first kappa shape index (κ1) is 16.0. The van der Waals surface area contributed by atoms with Gasteiger partial charge in [-0.1, -0.05) is 23.4 Å². The van der Waals surface area contributed by atoms with Gasteiger partial charge in [-0.3, -0.25) is 9.59 Å². The van der Waals surface area contributed by atoms with Gasteiger partial charge in [0, 0.05) is 40.9 Å². The molecule has 1 saturated heterocycles. The summed E-state index contributed by atoms with van der Waals surface area (Å²) in [5, 5.41) is 3.86. The molecule has 0 bridgehead atoms. The summed E-state index contributed by atoms with van der Waals surface area (Å²) in [5.74, 6) is 1.81. The summed E-state index contributed by atoms with van der Waals surface area (Å²) in [6, 6.07) is 5.86. The van der Waals surface area contributed by atoms with Crippen molar-refractivity contribution in [3.05, 3.63) is 28.8 Å². The Hall–Kier alpha value is -0.850. The van der Waals surface area contributed by atoms with E-state index in [9.17, 15) is 9.59 Å². The normalized spacial score (nSPS) is 20.9. The van der Waals surface area contributed by atoms with Gasteiger partial charge in [0.15, 0.2) is 0 Å². The number of amides is 2. The fraction of sp³-hybridized carbons (Fsp3) is 0.467. The van der Waals surface area contributed by atoms with Crippen LogP contribution in [0.5, 0.6) is 0 Å². The molecule has 2 aliphatic rings. The third-order valence-electron chi connectivity index (χ3n) is 3.80. The summed E-state index contributed by atoms with van der Waals surface area (Å²) in [5.41, 5.74) is 1.10. The van der Waals surface area contributed by atoms with E-state index in [-0.39, 0.29) is 17.2 Å². The van der Waals surface area contributed by atoms with Gasteiger partial charge in [0.05, 0.1) is 6.04 Å². The molecule has 2 heterocycles. The lowest BCUT2D eigenvalue weighted by Gasteiger charge is -2.26. The maximum Gasteiger partial charge on any atom is 0.281 e. The summed E-state index contributed by atoms with van der Waals surface area (Å²) in [6.07, 6.45) is 1.26. The molecule has 1 fully saturated rings. The number of carbonyl (C=O) groups is 2. The summed E-state index contributed by atoms with van der Waals surface area (Å²) in [7, 11) is 0. The van der Waals surface area contributed by atoms with Gasteiger partial charge in [0.25, 0.3) is 5.24 Å². The van der Waals surface area contributed by atoms with Gasteiger partial charge in [0.2, 0.25) is 5.91 Å². The fourth-order valence-corrected chi connectivity index (χ4v) is 4.78. The Bertz CT molecular complexity index is 597.